The molecule has 0 radical (unpaired) electrons. The number of benzene rings is 1. The number of nitrogens with zero attached hydrogens (tertiary/aromatic N) is 3. The Balaban J connectivity index is 2.10. The molecule has 1 aliphatic rings. The molecule has 0 saturated heterocycles. The van der Waals surface area contributed by atoms with E-state index in [2.05, 4.69) is 26.2 Å². The average Bonchev–Trinajstić information content (AvgIpc) is 2.90. The maximum Gasteiger partial charge on any atom is 0.180 e. The molecule has 0 atom stereocenters. The Morgan fingerprint density at radius 2 is 2.25 bits per heavy atom. The summed E-state index contributed by atoms with van der Waals surface area (Å²) >= 11 is 0. The molecule has 1 N–H and O–H groups in total. The molecule has 1 aromatic heterocycles. The third-order valence-electron chi connectivity index (χ3n) is 3.55. The van der Waals surface area contributed by atoms with E-state index in [1.54, 1.807) is 7.11 Å². The van der Waals surface area contributed by atoms with Gasteiger partial charge in [-0.05, 0) is 24.3 Å². The Hall–Kier alpha value is -2.97. The number of hydrogen-bond donors (Lipinski definition) is 1. The van der Waals surface area contributed by atoms with Crippen LogP contribution in [0, 0.1) is 12.3 Å². The zero-order valence-corrected chi connectivity index (χ0v) is 13.5. The number of fused-ring (bicyclic) bond motifs is 1. The molecule has 2 heterocycles. The summed E-state index contributed by atoms with van der Waals surface area (Å²) in [6, 6.07) is 5.70. The second-order valence-electron chi connectivity index (χ2n) is 5.22. The second-order valence-corrected chi connectivity index (χ2v) is 5.22. The van der Waals surface area contributed by atoms with Crippen molar-refractivity contribution in [3.05, 3.63) is 47.8 Å². The zero-order valence-electron chi connectivity index (χ0n) is 13.5. The Labute approximate surface area is 141 Å². The number of rotatable bonds is 5. The van der Waals surface area contributed by atoms with Crippen LogP contribution >= 0.6 is 0 Å². The molecule has 5 nitrogen and oxygen atoms in total. The van der Waals surface area contributed by atoms with E-state index in [4.69, 9.17) is 11.2 Å². The Morgan fingerprint density at radius 3 is 3.08 bits per heavy atom. The van der Waals surface area contributed by atoms with Gasteiger partial charge < -0.3 is 10.1 Å². The van der Waals surface area contributed by atoms with Crippen molar-refractivity contribution >= 4 is 28.6 Å². The van der Waals surface area contributed by atoms with Crippen molar-refractivity contribution in [2.75, 3.05) is 25.6 Å². The van der Waals surface area contributed by atoms with Gasteiger partial charge in [0.1, 0.15) is 11.5 Å². The highest BCUT2D eigenvalue weighted by molar-refractivity contribution is 5.91. The van der Waals surface area contributed by atoms with Gasteiger partial charge in [-0.25, -0.2) is 9.97 Å². The maximum atomic E-state index is 5.51. The molecule has 0 aliphatic carbocycles. The van der Waals surface area contributed by atoms with Crippen molar-refractivity contribution < 1.29 is 4.74 Å². The summed E-state index contributed by atoms with van der Waals surface area (Å²) in [6.07, 6.45) is 14.1. The van der Waals surface area contributed by atoms with E-state index in [9.17, 15) is 0 Å². The van der Waals surface area contributed by atoms with Gasteiger partial charge in [-0.3, -0.25) is 4.99 Å². The van der Waals surface area contributed by atoms with E-state index in [0.717, 1.165) is 34.4 Å². The first-order valence-electron chi connectivity index (χ1n) is 7.73. The van der Waals surface area contributed by atoms with E-state index >= 15 is 0 Å². The van der Waals surface area contributed by atoms with Crippen LogP contribution < -0.4 is 5.32 Å². The van der Waals surface area contributed by atoms with Gasteiger partial charge in [0, 0.05) is 37.2 Å². The molecule has 2 aromatic rings. The maximum absolute atomic E-state index is 5.51. The van der Waals surface area contributed by atoms with Crippen LogP contribution in [0.4, 0.5) is 5.82 Å². The molecule has 1 aromatic carbocycles. The molecule has 24 heavy (non-hydrogen) atoms. The lowest BCUT2D eigenvalue weighted by Gasteiger charge is -2.11. The Morgan fingerprint density at radius 1 is 1.33 bits per heavy atom. The van der Waals surface area contributed by atoms with E-state index in [1.165, 1.54) is 0 Å². The average molecular weight is 318 g/mol. The van der Waals surface area contributed by atoms with Crippen molar-refractivity contribution in [2.45, 2.75) is 6.42 Å². The van der Waals surface area contributed by atoms with E-state index in [0.29, 0.717) is 19.0 Å². The summed E-state index contributed by atoms with van der Waals surface area (Å²) < 4.78 is 5.10. The molecular formula is C19H18N4O. The second kappa shape index (κ2) is 7.53. The van der Waals surface area contributed by atoms with Gasteiger partial charge in [0.25, 0.3) is 0 Å². The van der Waals surface area contributed by atoms with Crippen molar-refractivity contribution in [1.82, 2.24) is 9.97 Å². The van der Waals surface area contributed by atoms with Crippen LogP contribution in [0.5, 0.6) is 0 Å². The van der Waals surface area contributed by atoms with Crippen LogP contribution in [0.15, 0.2) is 41.4 Å². The molecule has 0 fully saturated rings. The number of hydrogen-bond acceptors (Lipinski definition) is 5. The van der Waals surface area contributed by atoms with Gasteiger partial charge in [-0.1, -0.05) is 18.1 Å². The summed E-state index contributed by atoms with van der Waals surface area (Å²) in [5, 5.41) is 4.18. The fourth-order valence-corrected chi connectivity index (χ4v) is 2.36. The van der Waals surface area contributed by atoms with Crippen LogP contribution in [-0.4, -0.2) is 36.4 Å². The summed E-state index contributed by atoms with van der Waals surface area (Å²) in [6.45, 7) is 1.23. The molecule has 0 bridgehead atoms. The van der Waals surface area contributed by atoms with Crippen molar-refractivity contribution in [3.8, 4) is 12.3 Å². The number of aliphatic imine (C=N–C) groups is 1. The summed E-state index contributed by atoms with van der Waals surface area (Å²) in [4.78, 5) is 13.7. The van der Waals surface area contributed by atoms with Gasteiger partial charge in [0.15, 0.2) is 5.82 Å². The molecular weight excluding hydrogens is 300 g/mol. The smallest absolute Gasteiger partial charge is 0.180 e. The van der Waals surface area contributed by atoms with Gasteiger partial charge in [0.2, 0.25) is 0 Å². The SMILES string of the molecule is C#Cc1ccc2nc(C3=CC=CCC=N3)nc(NCCOC)c2c1. The van der Waals surface area contributed by atoms with Crippen molar-refractivity contribution in [1.29, 1.82) is 0 Å². The van der Waals surface area contributed by atoms with Gasteiger partial charge >= 0.3 is 0 Å². The standard InChI is InChI=1S/C19H18N4O/c1-3-14-8-9-16-15(13-14)18(21-11-12-24-2)23-19(22-16)17-7-5-4-6-10-20-17/h1,4-5,7-10,13H,6,11-12H2,2H3,(H,21,22,23). The lowest BCUT2D eigenvalue weighted by Crippen LogP contribution is -2.10. The minimum absolute atomic E-state index is 0.582. The summed E-state index contributed by atoms with van der Waals surface area (Å²) in [5.74, 6) is 3.96. The fraction of sp³-hybridized carbons (Fsp3) is 0.211. The fourth-order valence-electron chi connectivity index (χ4n) is 2.36. The Bertz CT molecular complexity index is 875. The van der Waals surface area contributed by atoms with Crippen LogP contribution in [0.1, 0.15) is 17.8 Å². The summed E-state index contributed by atoms with van der Waals surface area (Å²) in [7, 11) is 1.67. The van der Waals surface area contributed by atoms with E-state index in [-0.39, 0.29) is 0 Å². The number of allylic oxidation sites excluding steroid dienone is 3. The first kappa shape index (κ1) is 15.9. The molecule has 0 amide bonds. The van der Waals surface area contributed by atoms with Crippen LogP contribution in [0.2, 0.25) is 0 Å². The first-order valence-corrected chi connectivity index (χ1v) is 7.73. The quantitative estimate of drug-likeness (QED) is 0.680. The number of ether oxygens (including phenoxy) is 1. The third-order valence-corrected chi connectivity index (χ3v) is 3.55. The van der Waals surface area contributed by atoms with E-state index in [1.807, 2.05) is 42.6 Å². The zero-order chi connectivity index (χ0) is 16.8. The number of nitrogens with one attached hydrogen (secondary N) is 1. The van der Waals surface area contributed by atoms with Gasteiger partial charge in [-0.2, -0.15) is 0 Å². The molecule has 0 spiro atoms. The number of aromatic nitrogens is 2. The largest absolute Gasteiger partial charge is 0.383 e. The first-order chi connectivity index (χ1) is 11.8. The molecule has 5 heteroatoms. The summed E-state index contributed by atoms with van der Waals surface area (Å²) in [5.41, 5.74) is 2.35. The van der Waals surface area contributed by atoms with Crippen LogP contribution in [0.25, 0.3) is 16.6 Å². The van der Waals surface area contributed by atoms with Crippen LogP contribution in [0.3, 0.4) is 0 Å². The highest BCUT2D eigenvalue weighted by Gasteiger charge is 2.11. The van der Waals surface area contributed by atoms with E-state index < -0.39 is 0 Å². The minimum Gasteiger partial charge on any atom is -0.383 e. The number of anilines is 1. The molecule has 0 saturated carbocycles. The lowest BCUT2D eigenvalue weighted by atomic mass is 10.1. The molecule has 0 unspecified atom stereocenters. The monoisotopic (exact) mass is 318 g/mol. The van der Waals surface area contributed by atoms with Crippen molar-refractivity contribution in [3.63, 3.8) is 0 Å². The predicted octanol–water partition coefficient (Wildman–Crippen LogP) is 3.04. The van der Waals surface area contributed by atoms with Gasteiger partial charge in [0.05, 0.1) is 12.1 Å². The van der Waals surface area contributed by atoms with Crippen LogP contribution in [-0.2, 0) is 4.74 Å². The topological polar surface area (TPSA) is 59.4 Å². The van der Waals surface area contributed by atoms with Gasteiger partial charge in [-0.15, -0.1) is 6.42 Å². The minimum atomic E-state index is 0.582. The highest BCUT2D eigenvalue weighted by Crippen LogP contribution is 2.25. The normalized spacial score (nSPS) is 13.4. The highest BCUT2D eigenvalue weighted by atomic mass is 16.5. The van der Waals surface area contributed by atoms with Crippen molar-refractivity contribution in [2.24, 2.45) is 4.99 Å². The molecule has 1 aliphatic heterocycles. The third kappa shape index (κ3) is 3.50. The predicted molar refractivity (Wildman–Crippen MR) is 98.1 cm³/mol. The molecule has 120 valence electrons. The number of methoxy groups -OCH3 is 1. The Kier molecular flexibility index (Phi) is 4.99. The molecule has 3 rings (SSSR count). The number of terminal acetylenes is 1. The lowest BCUT2D eigenvalue weighted by molar-refractivity contribution is 0.210.